The zero-order valence-electron chi connectivity index (χ0n) is 7.65. The van der Waals surface area contributed by atoms with Gasteiger partial charge in [-0.25, -0.2) is 0 Å². The Bertz CT molecular complexity index is 281. The highest BCUT2D eigenvalue weighted by Crippen LogP contribution is 2.23. The Balaban J connectivity index is 3.09. The molecule has 0 bridgehead atoms. The van der Waals surface area contributed by atoms with Gasteiger partial charge in [-0.15, -0.1) is 0 Å². The van der Waals surface area contributed by atoms with E-state index in [0.29, 0.717) is 0 Å². The first-order valence-corrected chi connectivity index (χ1v) is 4.45. The van der Waals surface area contributed by atoms with Crippen molar-refractivity contribution < 1.29 is 4.74 Å². The highest BCUT2D eigenvalue weighted by atomic mass is 35.5. The molecular formula is C10H13ClO. The molecule has 0 fully saturated rings. The molecule has 0 amide bonds. The van der Waals surface area contributed by atoms with Crippen molar-refractivity contribution in [2.75, 3.05) is 6.07 Å². The maximum absolute atomic E-state index is 5.49. The molecule has 1 rings (SSSR count). The number of halogens is 1. The monoisotopic (exact) mass is 184 g/mol. The fourth-order valence-electron chi connectivity index (χ4n) is 1.21. The Hall–Kier alpha value is -0.690. The highest BCUT2D eigenvalue weighted by Gasteiger charge is 2.02. The van der Waals surface area contributed by atoms with Crippen LogP contribution in [0.4, 0.5) is 0 Å². The molecule has 1 aromatic carbocycles. The Labute approximate surface area is 78.3 Å². The molecule has 1 nitrogen and oxygen atoms in total. The number of alkyl halides is 1. The van der Waals surface area contributed by atoms with Crippen LogP contribution in [0.3, 0.4) is 0 Å². The Morgan fingerprint density at radius 2 is 1.92 bits per heavy atom. The summed E-state index contributed by atoms with van der Waals surface area (Å²) in [5, 5.41) is 0. The molecule has 2 heteroatoms. The van der Waals surface area contributed by atoms with Crippen molar-refractivity contribution in [2.24, 2.45) is 0 Å². The molecule has 0 aliphatic heterocycles. The number of rotatable bonds is 2. The summed E-state index contributed by atoms with van der Waals surface area (Å²) >= 11 is 5.49. The van der Waals surface area contributed by atoms with Crippen LogP contribution < -0.4 is 4.74 Å². The number of hydrogen-bond donors (Lipinski definition) is 0. The van der Waals surface area contributed by atoms with Gasteiger partial charge in [0.05, 0.1) is 0 Å². The molecule has 0 saturated heterocycles. The van der Waals surface area contributed by atoms with Crippen molar-refractivity contribution >= 4 is 11.6 Å². The van der Waals surface area contributed by atoms with E-state index in [-0.39, 0.29) is 6.07 Å². The summed E-state index contributed by atoms with van der Waals surface area (Å²) in [6.07, 6.45) is 0. The molecule has 1 aromatic rings. The van der Waals surface area contributed by atoms with Gasteiger partial charge in [0, 0.05) is 0 Å². The van der Waals surface area contributed by atoms with Gasteiger partial charge in [-0.2, -0.15) is 0 Å². The van der Waals surface area contributed by atoms with Crippen LogP contribution >= 0.6 is 11.6 Å². The second-order valence-corrected chi connectivity index (χ2v) is 3.18. The maximum Gasteiger partial charge on any atom is 0.162 e. The van der Waals surface area contributed by atoms with E-state index in [4.69, 9.17) is 16.3 Å². The largest absolute Gasteiger partial charge is 0.478 e. The van der Waals surface area contributed by atoms with Crippen LogP contribution in [0.5, 0.6) is 5.75 Å². The molecule has 0 saturated carbocycles. The first kappa shape index (κ1) is 9.40. The van der Waals surface area contributed by atoms with Gasteiger partial charge in [0.1, 0.15) is 5.75 Å². The lowest BCUT2D eigenvalue weighted by molar-refractivity contribution is 0.384. The van der Waals surface area contributed by atoms with E-state index in [1.54, 1.807) is 0 Å². The van der Waals surface area contributed by atoms with Crippen molar-refractivity contribution in [2.45, 2.75) is 20.8 Å². The first-order valence-electron chi connectivity index (χ1n) is 3.91. The smallest absolute Gasteiger partial charge is 0.162 e. The van der Waals surface area contributed by atoms with Gasteiger partial charge in [0.15, 0.2) is 6.07 Å². The standard InChI is InChI=1S/C10H13ClO/c1-7-4-8(2)9(3)10(5-7)12-6-11/h4-5H,6H2,1-3H3. The van der Waals surface area contributed by atoms with Gasteiger partial charge in [0.25, 0.3) is 0 Å². The van der Waals surface area contributed by atoms with E-state index in [1.807, 2.05) is 19.9 Å². The molecule has 66 valence electrons. The van der Waals surface area contributed by atoms with Crippen LogP contribution in [-0.4, -0.2) is 6.07 Å². The summed E-state index contributed by atoms with van der Waals surface area (Å²) in [4.78, 5) is 0. The van der Waals surface area contributed by atoms with Crippen molar-refractivity contribution in [1.29, 1.82) is 0 Å². The van der Waals surface area contributed by atoms with Gasteiger partial charge in [-0.1, -0.05) is 17.7 Å². The quantitative estimate of drug-likeness (QED) is 0.642. The molecule has 12 heavy (non-hydrogen) atoms. The molecule has 0 spiro atoms. The number of ether oxygens (including phenoxy) is 1. The van der Waals surface area contributed by atoms with Gasteiger partial charge in [-0.3, -0.25) is 0 Å². The summed E-state index contributed by atoms with van der Waals surface area (Å²) in [6, 6.07) is 4.35. The topological polar surface area (TPSA) is 9.23 Å². The molecular weight excluding hydrogens is 172 g/mol. The zero-order valence-corrected chi connectivity index (χ0v) is 8.40. The maximum atomic E-state index is 5.49. The van der Waals surface area contributed by atoms with Gasteiger partial charge in [0.2, 0.25) is 0 Å². The van der Waals surface area contributed by atoms with Crippen molar-refractivity contribution in [3.8, 4) is 5.75 Å². The minimum Gasteiger partial charge on any atom is -0.478 e. The molecule has 0 N–H and O–H groups in total. The predicted molar refractivity (Wildman–Crippen MR) is 52.0 cm³/mol. The van der Waals surface area contributed by atoms with Crippen LogP contribution in [0.15, 0.2) is 12.1 Å². The fourth-order valence-corrected chi connectivity index (χ4v) is 1.33. The average molecular weight is 185 g/mol. The van der Waals surface area contributed by atoms with Crippen LogP contribution in [0.25, 0.3) is 0 Å². The van der Waals surface area contributed by atoms with Gasteiger partial charge in [-0.05, 0) is 43.5 Å². The average Bonchev–Trinajstić information content (AvgIpc) is 2.00. The van der Waals surface area contributed by atoms with E-state index >= 15 is 0 Å². The molecule has 0 heterocycles. The van der Waals surface area contributed by atoms with Crippen molar-refractivity contribution in [1.82, 2.24) is 0 Å². The molecule has 0 aromatic heterocycles. The Kier molecular flexibility index (Phi) is 2.99. The van der Waals surface area contributed by atoms with Crippen LogP contribution in [0.1, 0.15) is 16.7 Å². The SMILES string of the molecule is Cc1cc(C)c(C)c(OCCl)c1. The number of aryl methyl sites for hydroxylation is 2. The molecule has 0 aliphatic carbocycles. The third kappa shape index (κ3) is 1.92. The molecule has 0 unspecified atom stereocenters. The van der Waals surface area contributed by atoms with Crippen LogP contribution in [0.2, 0.25) is 0 Å². The van der Waals surface area contributed by atoms with E-state index in [2.05, 4.69) is 13.0 Å². The van der Waals surface area contributed by atoms with E-state index in [0.717, 1.165) is 5.75 Å². The van der Waals surface area contributed by atoms with Gasteiger partial charge >= 0.3 is 0 Å². The molecule has 0 radical (unpaired) electrons. The highest BCUT2D eigenvalue weighted by molar-refractivity contribution is 6.17. The Morgan fingerprint density at radius 1 is 1.25 bits per heavy atom. The number of hydrogen-bond acceptors (Lipinski definition) is 1. The summed E-state index contributed by atoms with van der Waals surface area (Å²) in [7, 11) is 0. The minimum atomic E-state index is 0.212. The second kappa shape index (κ2) is 3.81. The minimum absolute atomic E-state index is 0.212. The molecule has 0 aliphatic rings. The van der Waals surface area contributed by atoms with Gasteiger partial charge < -0.3 is 4.74 Å². The third-order valence-electron chi connectivity index (χ3n) is 1.97. The fraction of sp³-hybridized carbons (Fsp3) is 0.400. The summed E-state index contributed by atoms with van der Waals surface area (Å²) in [5.41, 5.74) is 3.62. The lowest BCUT2D eigenvalue weighted by Gasteiger charge is -2.09. The number of benzene rings is 1. The zero-order chi connectivity index (χ0) is 9.14. The van der Waals surface area contributed by atoms with E-state index in [1.165, 1.54) is 16.7 Å². The molecule has 0 atom stereocenters. The predicted octanol–water partition coefficient (Wildman–Crippen LogP) is 3.19. The Morgan fingerprint density at radius 3 is 2.50 bits per heavy atom. The summed E-state index contributed by atoms with van der Waals surface area (Å²) in [6.45, 7) is 6.16. The normalized spacial score (nSPS) is 10.0. The van der Waals surface area contributed by atoms with Crippen LogP contribution in [0, 0.1) is 20.8 Å². The lowest BCUT2D eigenvalue weighted by atomic mass is 10.1. The second-order valence-electron chi connectivity index (χ2n) is 2.96. The third-order valence-corrected chi connectivity index (χ3v) is 2.08. The summed E-state index contributed by atoms with van der Waals surface area (Å²) in [5.74, 6) is 0.891. The van der Waals surface area contributed by atoms with Crippen LogP contribution in [-0.2, 0) is 0 Å². The van der Waals surface area contributed by atoms with E-state index in [9.17, 15) is 0 Å². The van der Waals surface area contributed by atoms with Crippen molar-refractivity contribution in [3.63, 3.8) is 0 Å². The van der Waals surface area contributed by atoms with E-state index < -0.39 is 0 Å². The van der Waals surface area contributed by atoms with Crippen molar-refractivity contribution in [3.05, 3.63) is 28.8 Å². The first-order chi connectivity index (χ1) is 5.65. The summed E-state index contributed by atoms with van der Waals surface area (Å²) < 4.78 is 5.26. The lowest BCUT2D eigenvalue weighted by Crippen LogP contribution is -1.94.